The Morgan fingerprint density at radius 2 is 1.47 bits per heavy atom. The van der Waals surface area contributed by atoms with Crippen molar-refractivity contribution >= 4 is 33.4 Å². The lowest BCUT2D eigenvalue weighted by molar-refractivity contribution is 0.0925. The number of amides is 2. The van der Waals surface area contributed by atoms with Gasteiger partial charge in [0.05, 0.1) is 21.3 Å². The zero-order valence-corrected chi connectivity index (χ0v) is 11.1. The van der Waals surface area contributed by atoms with Crippen LogP contribution in [0, 0.1) is 5.82 Å². The lowest BCUT2D eigenvalue weighted by Gasteiger charge is -2.15. The second kappa shape index (κ2) is 4.28. The van der Waals surface area contributed by atoms with Gasteiger partial charge in [0.1, 0.15) is 0 Å². The van der Waals surface area contributed by atoms with Crippen molar-refractivity contribution in [2.24, 2.45) is 0 Å². The quantitative estimate of drug-likeness (QED) is 0.755. The fourth-order valence-corrected chi connectivity index (χ4v) is 2.43. The highest BCUT2D eigenvalue weighted by molar-refractivity contribution is 9.10. The smallest absolute Gasteiger partial charge is 0.266 e. The highest BCUT2D eigenvalue weighted by Gasteiger charge is 2.37. The largest absolute Gasteiger partial charge is 0.268 e. The van der Waals surface area contributed by atoms with Crippen molar-refractivity contribution in [1.29, 1.82) is 0 Å². The second-order valence-corrected chi connectivity index (χ2v) is 4.92. The van der Waals surface area contributed by atoms with Crippen molar-refractivity contribution < 1.29 is 14.0 Å². The van der Waals surface area contributed by atoms with Crippen LogP contribution in [0.5, 0.6) is 0 Å². The van der Waals surface area contributed by atoms with Gasteiger partial charge in [-0.25, -0.2) is 9.29 Å². The average Bonchev–Trinajstić information content (AvgIpc) is 2.67. The number of hydrogen-bond donors (Lipinski definition) is 0. The number of carbonyl (C=O) groups excluding carboxylic acids is 2. The van der Waals surface area contributed by atoms with Gasteiger partial charge in [-0.3, -0.25) is 9.59 Å². The molecule has 3 nitrogen and oxygen atoms in total. The molecular weight excluding hydrogens is 313 g/mol. The normalized spacial score (nSPS) is 13.9. The molecule has 0 aromatic heterocycles. The molecule has 1 aliphatic heterocycles. The van der Waals surface area contributed by atoms with Gasteiger partial charge in [0.15, 0.2) is 5.82 Å². The molecule has 3 rings (SSSR count). The standard InChI is InChI=1S/C14H7BrFNO2/c15-10-6-3-7-11(12(10)16)17-13(18)8-4-1-2-5-9(8)14(17)19/h1-7H. The first-order valence-electron chi connectivity index (χ1n) is 5.53. The number of halogens is 2. The Balaban J connectivity index is 2.17. The van der Waals surface area contributed by atoms with Crippen LogP contribution in [0.1, 0.15) is 20.7 Å². The summed E-state index contributed by atoms with van der Waals surface area (Å²) in [5.74, 6) is -1.63. The SMILES string of the molecule is O=C1c2ccccc2C(=O)N1c1cccc(Br)c1F. The molecule has 19 heavy (non-hydrogen) atoms. The Bertz CT molecular complexity index is 679. The van der Waals surface area contributed by atoms with E-state index in [4.69, 9.17) is 0 Å². The number of nitrogens with zero attached hydrogens (tertiary/aromatic N) is 1. The molecule has 2 aromatic rings. The number of rotatable bonds is 1. The molecule has 0 aliphatic carbocycles. The summed E-state index contributed by atoms with van der Waals surface area (Å²) in [4.78, 5) is 25.3. The van der Waals surface area contributed by atoms with Crippen molar-refractivity contribution in [2.45, 2.75) is 0 Å². The molecule has 2 aromatic carbocycles. The molecule has 0 fully saturated rings. The van der Waals surface area contributed by atoms with Crippen LogP contribution in [0.25, 0.3) is 0 Å². The number of carbonyl (C=O) groups is 2. The first-order chi connectivity index (χ1) is 9.11. The monoisotopic (exact) mass is 319 g/mol. The van der Waals surface area contributed by atoms with E-state index in [1.54, 1.807) is 30.3 Å². The van der Waals surface area contributed by atoms with Crippen molar-refractivity contribution in [1.82, 2.24) is 0 Å². The van der Waals surface area contributed by atoms with Gasteiger partial charge in [-0.2, -0.15) is 0 Å². The molecular formula is C14H7BrFNO2. The predicted molar refractivity (Wildman–Crippen MR) is 71.7 cm³/mol. The summed E-state index contributed by atoms with van der Waals surface area (Å²) in [6, 6.07) is 11.0. The van der Waals surface area contributed by atoms with Crippen molar-refractivity contribution in [2.75, 3.05) is 4.90 Å². The average molecular weight is 320 g/mol. The minimum Gasteiger partial charge on any atom is -0.268 e. The molecule has 0 atom stereocenters. The minimum absolute atomic E-state index is 0.0411. The Kier molecular flexibility index (Phi) is 2.71. The van der Waals surface area contributed by atoms with Crippen LogP contribution in [-0.2, 0) is 0 Å². The first-order valence-corrected chi connectivity index (χ1v) is 6.32. The molecule has 0 radical (unpaired) electrons. The van der Waals surface area contributed by atoms with Crippen LogP contribution in [0.3, 0.4) is 0 Å². The summed E-state index contributed by atoms with van der Waals surface area (Å²) < 4.78 is 14.2. The van der Waals surface area contributed by atoms with Gasteiger partial charge in [-0.15, -0.1) is 0 Å². The fraction of sp³-hybridized carbons (Fsp3) is 0. The number of imide groups is 1. The molecule has 0 bridgehead atoms. The van der Waals surface area contributed by atoms with E-state index in [0.717, 1.165) is 4.90 Å². The number of anilines is 1. The lowest BCUT2D eigenvalue weighted by Crippen LogP contribution is -2.30. The molecule has 0 spiro atoms. The van der Waals surface area contributed by atoms with E-state index in [2.05, 4.69) is 15.9 Å². The van der Waals surface area contributed by atoms with Crippen molar-refractivity contribution in [3.05, 3.63) is 63.9 Å². The van der Waals surface area contributed by atoms with Crippen LogP contribution >= 0.6 is 15.9 Å². The zero-order valence-electron chi connectivity index (χ0n) is 9.56. The molecule has 0 unspecified atom stereocenters. The summed E-state index contributed by atoms with van der Waals surface area (Å²) in [7, 11) is 0. The maximum atomic E-state index is 14.0. The van der Waals surface area contributed by atoms with Crippen LogP contribution in [0.4, 0.5) is 10.1 Å². The number of benzene rings is 2. The van der Waals surface area contributed by atoms with E-state index in [1.165, 1.54) is 12.1 Å². The van der Waals surface area contributed by atoms with E-state index in [-0.39, 0.29) is 10.2 Å². The maximum absolute atomic E-state index is 14.0. The minimum atomic E-state index is -0.628. The van der Waals surface area contributed by atoms with Crippen LogP contribution < -0.4 is 4.90 Å². The first kappa shape index (κ1) is 12.0. The Morgan fingerprint density at radius 1 is 0.895 bits per heavy atom. The van der Waals surface area contributed by atoms with Crippen LogP contribution in [-0.4, -0.2) is 11.8 Å². The topological polar surface area (TPSA) is 37.4 Å². The Morgan fingerprint density at radius 3 is 2.05 bits per heavy atom. The predicted octanol–water partition coefficient (Wildman–Crippen LogP) is 3.39. The Labute approximate surface area is 116 Å². The molecule has 0 N–H and O–H groups in total. The van der Waals surface area contributed by atoms with Crippen molar-refractivity contribution in [3.8, 4) is 0 Å². The van der Waals surface area contributed by atoms with Crippen LogP contribution in [0.15, 0.2) is 46.9 Å². The number of hydrogen-bond acceptors (Lipinski definition) is 2. The van der Waals surface area contributed by atoms with E-state index in [1.807, 2.05) is 0 Å². The van der Waals surface area contributed by atoms with Gasteiger partial charge in [-0.05, 0) is 40.2 Å². The van der Waals surface area contributed by atoms with Crippen molar-refractivity contribution in [3.63, 3.8) is 0 Å². The highest BCUT2D eigenvalue weighted by Crippen LogP contribution is 2.32. The van der Waals surface area contributed by atoms with Crippen LogP contribution in [0.2, 0.25) is 0 Å². The van der Waals surface area contributed by atoms with Gasteiger partial charge in [0, 0.05) is 0 Å². The molecule has 0 saturated heterocycles. The van der Waals surface area contributed by atoms with E-state index >= 15 is 0 Å². The summed E-state index contributed by atoms with van der Waals surface area (Å²) in [6.45, 7) is 0. The van der Waals surface area contributed by atoms with Gasteiger partial charge < -0.3 is 0 Å². The summed E-state index contributed by atoms with van der Waals surface area (Å²) in [6.07, 6.45) is 0. The third-order valence-electron chi connectivity index (χ3n) is 2.97. The molecule has 1 heterocycles. The van der Waals surface area contributed by atoms with Gasteiger partial charge >= 0.3 is 0 Å². The third-order valence-corrected chi connectivity index (χ3v) is 3.58. The molecule has 94 valence electrons. The van der Waals surface area contributed by atoms with E-state index in [9.17, 15) is 14.0 Å². The number of fused-ring (bicyclic) bond motifs is 1. The molecule has 0 saturated carbocycles. The third kappa shape index (κ3) is 1.69. The maximum Gasteiger partial charge on any atom is 0.266 e. The summed E-state index contributed by atoms with van der Waals surface area (Å²) >= 11 is 3.04. The van der Waals surface area contributed by atoms with Gasteiger partial charge in [0.25, 0.3) is 11.8 Å². The Hall–Kier alpha value is -2.01. The van der Waals surface area contributed by atoms with E-state index in [0.29, 0.717) is 11.1 Å². The van der Waals surface area contributed by atoms with E-state index < -0.39 is 17.6 Å². The lowest BCUT2D eigenvalue weighted by atomic mass is 10.1. The second-order valence-electron chi connectivity index (χ2n) is 4.06. The van der Waals surface area contributed by atoms with Gasteiger partial charge in [-0.1, -0.05) is 18.2 Å². The summed E-state index contributed by atoms with van der Waals surface area (Å²) in [5.41, 5.74) is 0.555. The van der Waals surface area contributed by atoms with Gasteiger partial charge in [0.2, 0.25) is 0 Å². The zero-order chi connectivity index (χ0) is 13.6. The highest BCUT2D eigenvalue weighted by atomic mass is 79.9. The summed E-state index contributed by atoms with van der Waals surface area (Å²) in [5, 5.41) is 0. The molecule has 2 amide bonds. The molecule has 5 heteroatoms. The fourth-order valence-electron chi connectivity index (χ4n) is 2.07. The molecule has 1 aliphatic rings.